The van der Waals surface area contributed by atoms with Crippen LogP contribution in [0.25, 0.3) is 0 Å². The summed E-state index contributed by atoms with van der Waals surface area (Å²) in [5.74, 6) is -1.02. The second-order valence-corrected chi connectivity index (χ2v) is 4.97. The van der Waals surface area contributed by atoms with Gasteiger partial charge in [-0.3, -0.25) is 4.79 Å². The average Bonchev–Trinajstić information content (AvgIpc) is 2.32. The molecule has 0 heterocycles. The Balaban J connectivity index is 2.98. The van der Waals surface area contributed by atoms with Gasteiger partial charge in [-0.25, -0.2) is 0 Å². The molecule has 0 aliphatic rings. The first kappa shape index (κ1) is 16.5. The van der Waals surface area contributed by atoms with Gasteiger partial charge in [0.25, 0.3) is 0 Å². The van der Waals surface area contributed by atoms with Gasteiger partial charge in [-0.2, -0.15) is 13.2 Å². The van der Waals surface area contributed by atoms with Crippen LogP contribution in [0.5, 0.6) is 0 Å². The number of benzene rings is 1. The van der Waals surface area contributed by atoms with Crippen LogP contribution in [0.3, 0.4) is 0 Å². The smallest absolute Gasteiger partial charge is 0.416 e. The van der Waals surface area contributed by atoms with Crippen LogP contribution in [0.2, 0.25) is 0 Å². The molecule has 3 nitrogen and oxygen atoms in total. The van der Waals surface area contributed by atoms with Crippen LogP contribution in [0, 0.1) is 0 Å². The zero-order chi connectivity index (χ0) is 15.3. The molecule has 112 valence electrons. The Morgan fingerprint density at radius 3 is 2.35 bits per heavy atom. The fourth-order valence-corrected chi connectivity index (χ4v) is 1.75. The number of aryl methyl sites for hydroxylation is 1. The van der Waals surface area contributed by atoms with Crippen LogP contribution in [0.15, 0.2) is 18.2 Å². The van der Waals surface area contributed by atoms with E-state index in [1.54, 1.807) is 6.07 Å². The van der Waals surface area contributed by atoms with Gasteiger partial charge in [-0.05, 0) is 29.7 Å². The van der Waals surface area contributed by atoms with E-state index in [0.717, 1.165) is 12.1 Å². The zero-order valence-electron chi connectivity index (χ0n) is 11.4. The summed E-state index contributed by atoms with van der Waals surface area (Å²) >= 11 is 0. The van der Waals surface area contributed by atoms with Crippen LogP contribution in [0.4, 0.5) is 13.2 Å². The zero-order valence-corrected chi connectivity index (χ0v) is 11.4. The number of carboxylic acids is 1. The third-order valence-corrected chi connectivity index (χ3v) is 2.72. The molecule has 0 aliphatic carbocycles. The predicted molar refractivity (Wildman–Crippen MR) is 69.4 cm³/mol. The van der Waals surface area contributed by atoms with Gasteiger partial charge < -0.3 is 10.4 Å². The predicted octanol–water partition coefficient (Wildman–Crippen LogP) is 3.22. The first-order chi connectivity index (χ1) is 9.18. The Morgan fingerprint density at radius 1 is 1.25 bits per heavy atom. The van der Waals surface area contributed by atoms with Crippen molar-refractivity contribution >= 4 is 5.97 Å². The summed E-state index contributed by atoms with van der Waals surface area (Å²) in [5, 5.41) is 11.7. The second kappa shape index (κ2) is 6.74. The Bertz CT molecular complexity index is 470. The number of carboxylic acid groups (broad SMARTS) is 1. The lowest BCUT2D eigenvalue weighted by atomic mass is 10.0. The molecule has 0 saturated heterocycles. The Morgan fingerprint density at radius 2 is 1.85 bits per heavy atom. The van der Waals surface area contributed by atoms with E-state index in [1.807, 2.05) is 13.8 Å². The number of aliphatic carboxylic acids is 1. The number of alkyl halides is 3. The molecule has 0 unspecified atom stereocenters. The highest BCUT2D eigenvalue weighted by molar-refractivity contribution is 5.67. The van der Waals surface area contributed by atoms with Gasteiger partial charge in [0.05, 0.1) is 5.56 Å². The largest absolute Gasteiger partial charge is 0.481 e. The van der Waals surface area contributed by atoms with E-state index in [1.165, 1.54) is 0 Å². The van der Waals surface area contributed by atoms with Gasteiger partial charge in [-0.15, -0.1) is 0 Å². The SMILES string of the molecule is CC(C)NCc1cc(CCC(=O)O)cc(C(F)(F)F)c1. The first-order valence-corrected chi connectivity index (χ1v) is 6.33. The van der Waals surface area contributed by atoms with E-state index in [-0.39, 0.29) is 18.9 Å². The fraction of sp³-hybridized carbons (Fsp3) is 0.500. The summed E-state index contributed by atoms with van der Waals surface area (Å²) in [7, 11) is 0. The van der Waals surface area contributed by atoms with Crippen molar-refractivity contribution < 1.29 is 23.1 Å². The second-order valence-electron chi connectivity index (χ2n) is 4.97. The van der Waals surface area contributed by atoms with Gasteiger partial charge >= 0.3 is 12.1 Å². The van der Waals surface area contributed by atoms with E-state index < -0.39 is 17.7 Å². The molecule has 0 spiro atoms. The molecule has 6 heteroatoms. The molecule has 0 atom stereocenters. The minimum Gasteiger partial charge on any atom is -0.481 e. The minimum atomic E-state index is -4.42. The topological polar surface area (TPSA) is 49.3 Å². The number of rotatable bonds is 6. The van der Waals surface area contributed by atoms with E-state index >= 15 is 0 Å². The molecule has 20 heavy (non-hydrogen) atoms. The van der Waals surface area contributed by atoms with Crippen molar-refractivity contribution in [2.75, 3.05) is 0 Å². The van der Waals surface area contributed by atoms with Crippen molar-refractivity contribution in [1.29, 1.82) is 0 Å². The van der Waals surface area contributed by atoms with Gasteiger partial charge in [0.15, 0.2) is 0 Å². The lowest BCUT2D eigenvalue weighted by molar-refractivity contribution is -0.137. The van der Waals surface area contributed by atoms with Crippen LogP contribution in [0.1, 0.15) is 37.0 Å². The summed E-state index contributed by atoms with van der Waals surface area (Å²) in [4.78, 5) is 10.5. The van der Waals surface area contributed by atoms with Crippen molar-refractivity contribution in [1.82, 2.24) is 5.32 Å². The number of carbonyl (C=O) groups is 1. The Hall–Kier alpha value is -1.56. The number of hydrogen-bond donors (Lipinski definition) is 2. The van der Waals surface area contributed by atoms with E-state index in [0.29, 0.717) is 17.7 Å². The van der Waals surface area contributed by atoms with Gasteiger partial charge in [0.1, 0.15) is 0 Å². The molecule has 0 aromatic heterocycles. The maximum absolute atomic E-state index is 12.8. The normalized spacial score (nSPS) is 11.9. The van der Waals surface area contributed by atoms with E-state index in [9.17, 15) is 18.0 Å². The molecule has 1 aromatic rings. The molecular formula is C14H18F3NO2. The van der Waals surface area contributed by atoms with Crippen molar-refractivity contribution in [3.05, 3.63) is 34.9 Å². The molecule has 0 saturated carbocycles. The highest BCUT2D eigenvalue weighted by atomic mass is 19.4. The van der Waals surface area contributed by atoms with Crippen molar-refractivity contribution in [3.8, 4) is 0 Å². The van der Waals surface area contributed by atoms with Gasteiger partial charge in [0, 0.05) is 19.0 Å². The standard InChI is InChI=1S/C14H18F3NO2/c1-9(2)18-8-11-5-10(3-4-13(19)20)6-12(7-11)14(15,16)17/h5-7,9,18H,3-4,8H2,1-2H3,(H,19,20). The van der Waals surface area contributed by atoms with E-state index in [2.05, 4.69) is 5.32 Å². The van der Waals surface area contributed by atoms with Gasteiger partial charge in [0.2, 0.25) is 0 Å². The van der Waals surface area contributed by atoms with E-state index in [4.69, 9.17) is 5.11 Å². The molecule has 1 aromatic carbocycles. The molecule has 0 bridgehead atoms. The van der Waals surface area contributed by atoms with Crippen LogP contribution < -0.4 is 5.32 Å². The summed E-state index contributed by atoms with van der Waals surface area (Å²) in [6.07, 6.45) is -4.52. The monoisotopic (exact) mass is 289 g/mol. The molecule has 0 fully saturated rings. The van der Waals surface area contributed by atoms with Crippen LogP contribution >= 0.6 is 0 Å². The van der Waals surface area contributed by atoms with Crippen molar-refractivity contribution in [3.63, 3.8) is 0 Å². The van der Waals surface area contributed by atoms with Crippen molar-refractivity contribution in [2.24, 2.45) is 0 Å². The summed E-state index contributed by atoms with van der Waals surface area (Å²) < 4.78 is 38.4. The maximum atomic E-state index is 12.8. The average molecular weight is 289 g/mol. The quantitative estimate of drug-likeness (QED) is 0.845. The maximum Gasteiger partial charge on any atom is 0.416 e. The summed E-state index contributed by atoms with van der Waals surface area (Å²) in [5.41, 5.74) is 0.164. The number of hydrogen-bond acceptors (Lipinski definition) is 2. The van der Waals surface area contributed by atoms with Crippen LogP contribution in [-0.2, 0) is 23.9 Å². The summed E-state index contributed by atoms with van der Waals surface area (Å²) in [6, 6.07) is 3.89. The summed E-state index contributed by atoms with van der Waals surface area (Å²) in [6.45, 7) is 4.12. The molecule has 1 rings (SSSR count). The van der Waals surface area contributed by atoms with Crippen molar-refractivity contribution in [2.45, 2.75) is 45.5 Å². The molecular weight excluding hydrogens is 271 g/mol. The molecule has 0 radical (unpaired) electrons. The lowest BCUT2D eigenvalue weighted by Gasteiger charge is -2.14. The minimum absolute atomic E-state index is 0.0912. The molecule has 0 aliphatic heterocycles. The molecule has 2 N–H and O–H groups in total. The highest BCUT2D eigenvalue weighted by Gasteiger charge is 2.31. The Labute approximate surface area is 115 Å². The number of nitrogens with one attached hydrogen (secondary N) is 1. The Kier molecular flexibility index (Phi) is 5.56. The van der Waals surface area contributed by atoms with Gasteiger partial charge in [-0.1, -0.05) is 19.9 Å². The highest BCUT2D eigenvalue weighted by Crippen LogP contribution is 2.31. The third-order valence-electron chi connectivity index (χ3n) is 2.72. The van der Waals surface area contributed by atoms with Crippen LogP contribution in [-0.4, -0.2) is 17.1 Å². The molecule has 0 amide bonds. The first-order valence-electron chi connectivity index (χ1n) is 6.33. The fourth-order valence-electron chi connectivity index (χ4n) is 1.75. The number of halogens is 3. The third kappa shape index (κ3) is 5.61. The lowest BCUT2D eigenvalue weighted by Crippen LogP contribution is -2.22.